The SMILES string of the molecule is CC(=O)Nc1ccc(SCCl)cc1. The number of halogens is 1. The summed E-state index contributed by atoms with van der Waals surface area (Å²) < 4.78 is 0. The highest BCUT2D eigenvalue weighted by molar-refractivity contribution is 8.00. The van der Waals surface area contributed by atoms with Crippen molar-refractivity contribution >= 4 is 35.0 Å². The van der Waals surface area contributed by atoms with E-state index in [0.717, 1.165) is 10.6 Å². The maximum Gasteiger partial charge on any atom is 0.221 e. The largest absolute Gasteiger partial charge is 0.326 e. The molecule has 1 rings (SSSR count). The van der Waals surface area contributed by atoms with Gasteiger partial charge in [0.2, 0.25) is 5.91 Å². The molecule has 0 spiro atoms. The van der Waals surface area contributed by atoms with Gasteiger partial charge in [0.15, 0.2) is 0 Å². The van der Waals surface area contributed by atoms with Crippen molar-refractivity contribution in [3.8, 4) is 0 Å². The first-order chi connectivity index (χ1) is 6.22. The van der Waals surface area contributed by atoms with Crippen LogP contribution in [0.3, 0.4) is 0 Å². The van der Waals surface area contributed by atoms with E-state index < -0.39 is 0 Å². The van der Waals surface area contributed by atoms with E-state index in [9.17, 15) is 4.79 Å². The molecule has 1 amide bonds. The Morgan fingerprint density at radius 1 is 1.46 bits per heavy atom. The van der Waals surface area contributed by atoms with Crippen LogP contribution in [0.4, 0.5) is 5.69 Å². The molecule has 1 N–H and O–H groups in total. The number of alkyl halides is 1. The molecule has 0 aliphatic carbocycles. The number of anilines is 1. The second kappa shape index (κ2) is 5.14. The van der Waals surface area contributed by atoms with E-state index >= 15 is 0 Å². The van der Waals surface area contributed by atoms with Crippen molar-refractivity contribution in [2.75, 3.05) is 10.5 Å². The van der Waals surface area contributed by atoms with Crippen LogP contribution in [-0.4, -0.2) is 11.1 Å². The zero-order valence-electron chi connectivity index (χ0n) is 7.21. The maximum atomic E-state index is 10.7. The molecule has 0 atom stereocenters. The molecular formula is C9H10ClNOS. The molecule has 0 aliphatic rings. The van der Waals surface area contributed by atoms with Crippen LogP contribution in [0, 0.1) is 0 Å². The molecule has 0 bridgehead atoms. The van der Waals surface area contributed by atoms with E-state index in [1.165, 1.54) is 6.92 Å². The summed E-state index contributed by atoms with van der Waals surface area (Å²) in [4.78, 5) is 11.8. The fourth-order valence-corrected chi connectivity index (χ4v) is 1.73. The molecule has 0 saturated carbocycles. The quantitative estimate of drug-likeness (QED) is 0.621. The number of amides is 1. The van der Waals surface area contributed by atoms with Crippen molar-refractivity contribution in [1.29, 1.82) is 0 Å². The van der Waals surface area contributed by atoms with E-state index in [0.29, 0.717) is 5.21 Å². The number of nitrogens with one attached hydrogen (secondary N) is 1. The Balaban J connectivity index is 2.64. The third kappa shape index (κ3) is 3.70. The van der Waals surface area contributed by atoms with Crippen LogP contribution in [0.1, 0.15) is 6.92 Å². The van der Waals surface area contributed by atoms with E-state index in [1.807, 2.05) is 24.3 Å². The van der Waals surface area contributed by atoms with Gasteiger partial charge in [-0.1, -0.05) is 0 Å². The number of benzene rings is 1. The van der Waals surface area contributed by atoms with Crippen LogP contribution >= 0.6 is 23.4 Å². The zero-order chi connectivity index (χ0) is 9.68. The van der Waals surface area contributed by atoms with Gasteiger partial charge in [0.25, 0.3) is 0 Å². The summed E-state index contributed by atoms with van der Waals surface area (Å²) in [5.41, 5.74) is 0.812. The summed E-state index contributed by atoms with van der Waals surface area (Å²) in [7, 11) is 0. The second-order valence-corrected chi connectivity index (χ2v) is 4.09. The Labute approximate surface area is 86.7 Å². The lowest BCUT2D eigenvalue weighted by Crippen LogP contribution is -2.05. The van der Waals surface area contributed by atoms with Gasteiger partial charge in [-0.05, 0) is 24.3 Å². The monoisotopic (exact) mass is 215 g/mol. The Kier molecular flexibility index (Phi) is 4.12. The lowest BCUT2D eigenvalue weighted by Gasteiger charge is -2.02. The van der Waals surface area contributed by atoms with Crippen molar-refractivity contribution in [2.24, 2.45) is 0 Å². The molecule has 0 aliphatic heterocycles. The van der Waals surface area contributed by atoms with E-state index in [4.69, 9.17) is 11.6 Å². The van der Waals surface area contributed by atoms with Gasteiger partial charge in [0.1, 0.15) is 0 Å². The topological polar surface area (TPSA) is 29.1 Å². The lowest BCUT2D eigenvalue weighted by molar-refractivity contribution is -0.114. The third-order valence-electron chi connectivity index (χ3n) is 1.40. The number of hydrogen-bond donors (Lipinski definition) is 1. The van der Waals surface area contributed by atoms with Crippen molar-refractivity contribution in [2.45, 2.75) is 11.8 Å². The molecule has 1 aromatic rings. The number of hydrogen-bond acceptors (Lipinski definition) is 2. The van der Waals surface area contributed by atoms with E-state index in [2.05, 4.69) is 5.32 Å². The smallest absolute Gasteiger partial charge is 0.221 e. The minimum atomic E-state index is -0.0576. The summed E-state index contributed by atoms with van der Waals surface area (Å²) in [5, 5.41) is 3.23. The third-order valence-corrected chi connectivity index (χ3v) is 2.44. The van der Waals surface area contributed by atoms with E-state index in [1.54, 1.807) is 11.8 Å². The van der Waals surface area contributed by atoms with Gasteiger partial charge in [-0.2, -0.15) is 0 Å². The van der Waals surface area contributed by atoms with Crippen LogP contribution in [0.15, 0.2) is 29.2 Å². The zero-order valence-corrected chi connectivity index (χ0v) is 8.78. The first-order valence-corrected chi connectivity index (χ1v) is 5.31. The average molecular weight is 216 g/mol. The molecule has 0 aromatic heterocycles. The van der Waals surface area contributed by atoms with Gasteiger partial charge >= 0.3 is 0 Å². The minimum absolute atomic E-state index is 0.0576. The van der Waals surface area contributed by atoms with Gasteiger partial charge in [-0.25, -0.2) is 0 Å². The Morgan fingerprint density at radius 3 is 2.54 bits per heavy atom. The van der Waals surface area contributed by atoms with Crippen molar-refractivity contribution in [1.82, 2.24) is 0 Å². The van der Waals surface area contributed by atoms with Gasteiger partial charge in [-0.15, -0.1) is 23.4 Å². The Bertz CT molecular complexity index is 286. The van der Waals surface area contributed by atoms with Crippen molar-refractivity contribution in [3.05, 3.63) is 24.3 Å². The predicted octanol–water partition coefficient (Wildman–Crippen LogP) is 2.93. The summed E-state index contributed by atoms with van der Waals surface area (Å²) in [6, 6.07) is 7.57. The minimum Gasteiger partial charge on any atom is -0.326 e. The van der Waals surface area contributed by atoms with Crippen LogP contribution in [-0.2, 0) is 4.79 Å². The van der Waals surface area contributed by atoms with Crippen molar-refractivity contribution in [3.63, 3.8) is 0 Å². The summed E-state index contributed by atoms with van der Waals surface area (Å²) in [5.74, 6) is -0.0576. The molecule has 0 fully saturated rings. The summed E-state index contributed by atoms with van der Waals surface area (Å²) in [6.07, 6.45) is 0. The molecule has 1 aromatic carbocycles. The molecule has 0 unspecified atom stereocenters. The summed E-state index contributed by atoms with van der Waals surface area (Å²) >= 11 is 7.11. The number of carbonyl (C=O) groups is 1. The van der Waals surface area contributed by atoms with Crippen LogP contribution in [0.5, 0.6) is 0 Å². The normalized spacial score (nSPS) is 9.69. The van der Waals surface area contributed by atoms with Gasteiger partial charge in [0.05, 0.1) is 5.21 Å². The predicted molar refractivity (Wildman–Crippen MR) is 57.3 cm³/mol. The molecule has 0 heterocycles. The maximum absolute atomic E-state index is 10.7. The highest BCUT2D eigenvalue weighted by Gasteiger charge is 1.95. The molecule has 0 radical (unpaired) electrons. The molecule has 0 saturated heterocycles. The standard InChI is InChI=1S/C9H10ClNOS/c1-7(12)11-8-2-4-9(5-3-8)13-6-10/h2-5H,6H2,1H3,(H,11,12). The molecule has 4 heteroatoms. The molecule has 13 heavy (non-hydrogen) atoms. The highest BCUT2D eigenvalue weighted by atomic mass is 35.5. The van der Waals surface area contributed by atoms with Crippen molar-refractivity contribution < 1.29 is 4.79 Å². The number of rotatable bonds is 3. The fourth-order valence-electron chi connectivity index (χ4n) is 0.901. The second-order valence-electron chi connectivity index (χ2n) is 2.46. The fraction of sp³-hybridized carbons (Fsp3) is 0.222. The first kappa shape index (κ1) is 10.4. The van der Waals surface area contributed by atoms with Crippen LogP contribution in [0.2, 0.25) is 0 Å². The Hall–Kier alpha value is -0.670. The summed E-state index contributed by atoms with van der Waals surface area (Å²) in [6.45, 7) is 1.49. The number of carbonyl (C=O) groups excluding carboxylic acids is 1. The lowest BCUT2D eigenvalue weighted by atomic mass is 10.3. The van der Waals surface area contributed by atoms with Crippen LogP contribution in [0.25, 0.3) is 0 Å². The van der Waals surface area contributed by atoms with Crippen LogP contribution < -0.4 is 5.32 Å². The van der Waals surface area contributed by atoms with Gasteiger partial charge < -0.3 is 5.32 Å². The molecule has 2 nitrogen and oxygen atoms in total. The van der Waals surface area contributed by atoms with E-state index in [-0.39, 0.29) is 5.91 Å². The average Bonchev–Trinajstić information content (AvgIpc) is 2.08. The first-order valence-electron chi connectivity index (χ1n) is 3.79. The molecular weight excluding hydrogens is 206 g/mol. The highest BCUT2D eigenvalue weighted by Crippen LogP contribution is 2.20. The Morgan fingerprint density at radius 2 is 2.08 bits per heavy atom. The van der Waals surface area contributed by atoms with Gasteiger partial charge in [0, 0.05) is 17.5 Å². The number of thioether (sulfide) groups is 1. The van der Waals surface area contributed by atoms with Gasteiger partial charge in [-0.3, -0.25) is 4.79 Å². The molecule has 70 valence electrons.